The molecular weight excluding hydrogens is 348 g/mol. The predicted octanol–water partition coefficient (Wildman–Crippen LogP) is 4.91. The van der Waals surface area contributed by atoms with Crippen LogP contribution in [0.1, 0.15) is 54.9 Å². The van der Waals surface area contributed by atoms with Crippen LogP contribution in [0.3, 0.4) is 0 Å². The van der Waals surface area contributed by atoms with Crippen molar-refractivity contribution in [1.29, 1.82) is 0 Å². The van der Waals surface area contributed by atoms with Gasteiger partial charge in [0.1, 0.15) is 0 Å². The van der Waals surface area contributed by atoms with E-state index in [0.29, 0.717) is 23.6 Å². The number of carbonyl (C=O) groups is 2. The zero-order valence-corrected chi connectivity index (χ0v) is 16.9. The Balaban J connectivity index is 1.56. The van der Waals surface area contributed by atoms with Crippen LogP contribution in [0.2, 0.25) is 0 Å². The Kier molecular flexibility index (Phi) is 6.85. The van der Waals surface area contributed by atoms with E-state index in [-0.39, 0.29) is 17.9 Å². The first-order valence-corrected chi connectivity index (χ1v) is 10.3. The number of hydrogen-bond donors (Lipinski definition) is 1. The molecule has 0 unspecified atom stereocenters. The predicted molar refractivity (Wildman–Crippen MR) is 113 cm³/mol. The van der Waals surface area contributed by atoms with Crippen molar-refractivity contribution < 1.29 is 9.59 Å². The van der Waals surface area contributed by atoms with E-state index in [1.54, 1.807) is 24.3 Å². The SMILES string of the molecule is C[C@@H](C1CCCCC1)N(C)C(=O)c1ccc(NC(=O)Cc2ccccc2)cc1. The lowest BCUT2D eigenvalue weighted by Crippen LogP contribution is -2.40. The second kappa shape index (κ2) is 9.54. The van der Waals surface area contributed by atoms with Crippen molar-refractivity contribution in [1.82, 2.24) is 4.90 Å². The first-order valence-electron chi connectivity index (χ1n) is 10.3. The summed E-state index contributed by atoms with van der Waals surface area (Å²) in [6.45, 7) is 2.16. The minimum absolute atomic E-state index is 0.0419. The molecule has 1 aliphatic carbocycles. The molecule has 2 aromatic rings. The lowest BCUT2D eigenvalue weighted by atomic mass is 9.84. The number of hydrogen-bond acceptors (Lipinski definition) is 2. The van der Waals surface area contributed by atoms with Gasteiger partial charge in [0.2, 0.25) is 5.91 Å². The van der Waals surface area contributed by atoms with Gasteiger partial charge >= 0.3 is 0 Å². The van der Waals surface area contributed by atoms with E-state index in [0.717, 1.165) is 5.56 Å². The maximum Gasteiger partial charge on any atom is 0.253 e. The smallest absolute Gasteiger partial charge is 0.253 e. The Morgan fingerprint density at radius 1 is 1.00 bits per heavy atom. The van der Waals surface area contributed by atoms with Crippen molar-refractivity contribution >= 4 is 17.5 Å². The molecule has 0 aromatic heterocycles. The van der Waals surface area contributed by atoms with Gasteiger partial charge in [-0.3, -0.25) is 9.59 Å². The van der Waals surface area contributed by atoms with Crippen LogP contribution >= 0.6 is 0 Å². The van der Waals surface area contributed by atoms with E-state index in [1.807, 2.05) is 42.3 Å². The summed E-state index contributed by atoms with van der Waals surface area (Å²) in [6, 6.07) is 17.1. The van der Waals surface area contributed by atoms with Gasteiger partial charge in [-0.05, 0) is 55.5 Å². The number of benzene rings is 2. The molecule has 2 amide bonds. The van der Waals surface area contributed by atoms with Crippen molar-refractivity contribution in [2.24, 2.45) is 5.92 Å². The first-order chi connectivity index (χ1) is 13.5. The molecule has 1 N–H and O–H groups in total. The van der Waals surface area contributed by atoms with Crippen LogP contribution in [0.4, 0.5) is 5.69 Å². The second-order valence-electron chi connectivity index (χ2n) is 7.84. The molecule has 148 valence electrons. The number of nitrogens with zero attached hydrogens (tertiary/aromatic N) is 1. The second-order valence-corrected chi connectivity index (χ2v) is 7.84. The normalized spacial score (nSPS) is 15.6. The summed E-state index contributed by atoms with van der Waals surface area (Å²) >= 11 is 0. The minimum Gasteiger partial charge on any atom is -0.339 e. The average Bonchev–Trinajstić information content (AvgIpc) is 2.74. The Hall–Kier alpha value is -2.62. The molecule has 0 spiro atoms. The van der Waals surface area contributed by atoms with Crippen LogP contribution in [-0.4, -0.2) is 29.8 Å². The summed E-state index contributed by atoms with van der Waals surface area (Å²) < 4.78 is 0. The fourth-order valence-corrected chi connectivity index (χ4v) is 4.00. The van der Waals surface area contributed by atoms with Crippen LogP contribution in [0.5, 0.6) is 0 Å². The highest BCUT2D eigenvalue weighted by Crippen LogP contribution is 2.29. The standard InChI is InChI=1S/C24H30N2O2/c1-18(20-11-7-4-8-12-20)26(2)24(28)21-13-15-22(16-14-21)25-23(27)17-19-9-5-3-6-10-19/h3,5-6,9-10,13-16,18,20H,4,7-8,11-12,17H2,1-2H3,(H,25,27)/t18-/m0/s1. The van der Waals surface area contributed by atoms with Gasteiger partial charge in [-0.2, -0.15) is 0 Å². The van der Waals surface area contributed by atoms with E-state index < -0.39 is 0 Å². The summed E-state index contributed by atoms with van der Waals surface area (Å²) in [4.78, 5) is 26.9. The Labute approximate surface area is 167 Å². The molecular formula is C24H30N2O2. The number of amides is 2. The highest BCUT2D eigenvalue weighted by Gasteiger charge is 2.26. The summed E-state index contributed by atoms with van der Waals surface area (Å²) in [7, 11) is 1.90. The van der Waals surface area contributed by atoms with Crippen LogP contribution in [-0.2, 0) is 11.2 Å². The third-order valence-corrected chi connectivity index (χ3v) is 5.89. The van der Waals surface area contributed by atoms with Gasteiger partial charge in [0.25, 0.3) is 5.91 Å². The fourth-order valence-electron chi connectivity index (χ4n) is 4.00. The Morgan fingerprint density at radius 3 is 2.29 bits per heavy atom. The summed E-state index contributed by atoms with van der Waals surface area (Å²) in [5.74, 6) is 0.577. The highest BCUT2D eigenvalue weighted by atomic mass is 16.2. The highest BCUT2D eigenvalue weighted by molar-refractivity contribution is 5.96. The molecule has 4 nitrogen and oxygen atoms in total. The molecule has 0 saturated heterocycles. The average molecular weight is 379 g/mol. The molecule has 4 heteroatoms. The monoisotopic (exact) mass is 378 g/mol. The third kappa shape index (κ3) is 5.22. The Bertz CT molecular complexity index is 780. The zero-order chi connectivity index (χ0) is 19.9. The van der Waals surface area contributed by atoms with Gasteiger partial charge in [-0.15, -0.1) is 0 Å². The first kappa shape index (κ1) is 20.1. The number of carbonyl (C=O) groups excluding carboxylic acids is 2. The Morgan fingerprint density at radius 2 is 1.64 bits per heavy atom. The zero-order valence-electron chi connectivity index (χ0n) is 16.9. The maximum atomic E-state index is 12.8. The quantitative estimate of drug-likeness (QED) is 0.776. The van der Waals surface area contributed by atoms with Gasteiger partial charge < -0.3 is 10.2 Å². The van der Waals surface area contributed by atoms with Gasteiger partial charge in [0.05, 0.1) is 6.42 Å². The number of rotatable bonds is 6. The molecule has 0 aliphatic heterocycles. The van der Waals surface area contributed by atoms with Crippen LogP contribution < -0.4 is 5.32 Å². The van der Waals surface area contributed by atoms with Gasteiger partial charge in [0, 0.05) is 24.3 Å². The van der Waals surface area contributed by atoms with E-state index in [9.17, 15) is 9.59 Å². The van der Waals surface area contributed by atoms with Crippen LogP contribution in [0, 0.1) is 5.92 Å². The van der Waals surface area contributed by atoms with Crippen LogP contribution in [0.15, 0.2) is 54.6 Å². The minimum atomic E-state index is -0.0617. The van der Waals surface area contributed by atoms with E-state index in [4.69, 9.17) is 0 Å². The number of nitrogens with one attached hydrogen (secondary N) is 1. The third-order valence-electron chi connectivity index (χ3n) is 5.89. The molecule has 1 atom stereocenters. The lowest BCUT2D eigenvalue weighted by molar-refractivity contribution is -0.115. The molecule has 1 aliphatic rings. The summed E-state index contributed by atoms with van der Waals surface area (Å²) in [5.41, 5.74) is 2.34. The molecule has 1 saturated carbocycles. The van der Waals surface area contributed by atoms with Crippen molar-refractivity contribution in [3.8, 4) is 0 Å². The van der Waals surface area contributed by atoms with Crippen molar-refractivity contribution in [2.75, 3.05) is 12.4 Å². The van der Waals surface area contributed by atoms with E-state index in [1.165, 1.54) is 32.1 Å². The molecule has 0 heterocycles. The van der Waals surface area contributed by atoms with E-state index in [2.05, 4.69) is 12.2 Å². The van der Waals surface area contributed by atoms with Gasteiger partial charge in [-0.1, -0.05) is 49.6 Å². The largest absolute Gasteiger partial charge is 0.339 e. The van der Waals surface area contributed by atoms with Crippen molar-refractivity contribution in [2.45, 2.75) is 51.5 Å². The van der Waals surface area contributed by atoms with Gasteiger partial charge in [0.15, 0.2) is 0 Å². The number of anilines is 1. The van der Waals surface area contributed by atoms with Crippen LogP contribution in [0.25, 0.3) is 0 Å². The molecule has 0 bridgehead atoms. The fraction of sp³-hybridized carbons (Fsp3) is 0.417. The summed E-state index contributed by atoms with van der Waals surface area (Å²) in [5, 5.41) is 2.90. The summed E-state index contributed by atoms with van der Waals surface area (Å²) in [6.07, 6.45) is 6.63. The van der Waals surface area contributed by atoms with E-state index >= 15 is 0 Å². The van der Waals surface area contributed by atoms with Gasteiger partial charge in [-0.25, -0.2) is 0 Å². The molecule has 1 fully saturated rings. The molecule has 0 radical (unpaired) electrons. The van der Waals surface area contributed by atoms with Crippen molar-refractivity contribution in [3.63, 3.8) is 0 Å². The molecule has 2 aromatic carbocycles. The topological polar surface area (TPSA) is 49.4 Å². The van der Waals surface area contributed by atoms with Crippen molar-refractivity contribution in [3.05, 3.63) is 65.7 Å². The maximum absolute atomic E-state index is 12.8. The molecule has 3 rings (SSSR count). The molecule has 28 heavy (non-hydrogen) atoms. The lowest BCUT2D eigenvalue weighted by Gasteiger charge is -2.34.